The lowest BCUT2D eigenvalue weighted by atomic mass is 10.1. The zero-order valence-corrected chi connectivity index (χ0v) is 17.0. The number of nitrogens with zero attached hydrogens (tertiary/aromatic N) is 3. The van der Waals surface area contributed by atoms with Crippen LogP contribution in [0.5, 0.6) is 5.75 Å². The molecule has 1 N–H and O–H groups in total. The van der Waals surface area contributed by atoms with Gasteiger partial charge in [0.25, 0.3) is 5.91 Å². The molecule has 0 aliphatic heterocycles. The minimum atomic E-state index is -0.255. The summed E-state index contributed by atoms with van der Waals surface area (Å²) in [5.41, 5.74) is 2.83. The van der Waals surface area contributed by atoms with Crippen molar-refractivity contribution in [1.29, 1.82) is 0 Å². The van der Waals surface area contributed by atoms with Gasteiger partial charge in [-0.1, -0.05) is 39.3 Å². The molecule has 0 aliphatic rings. The van der Waals surface area contributed by atoms with Crippen LogP contribution in [0.2, 0.25) is 0 Å². The molecule has 3 rings (SSSR count). The van der Waals surface area contributed by atoms with Gasteiger partial charge in [0, 0.05) is 4.47 Å². The van der Waals surface area contributed by atoms with E-state index in [-0.39, 0.29) is 11.9 Å². The van der Waals surface area contributed by atoms with E-state index in [1.165, 1.54) is 0 Å². The number of hydrogen-bond donors (Lipinski definition) is 1. The number of halogens is 1. The van der Waals surface area contributed by atoms with Crippen LogP contribution in [0.4, 0.5) is 0 Å². The van der Waals surface area contributed by atoms with E-state index in [2.05, 4.69) is 31.6 Å². The SMILES string of the molecule is CCOc1ccc(C(C)NC(=O)c2nnn(-c3cccc(Br)c3)c2C)cc1. The van der Waals surface area contributed by atoms with Gasteiger partial charge in [-0.2, -0.15) is 0 Å². The minimum absolute atomic E-state index is 0.163. The van der Waals surface area contributed by atoms with Gasteiger partial charge in [-0.05, 0) is 56.7 Å². The van der Waals surface area contributed by atoms with Crippen molar-refractivity contribution in [3.05, 3.63) is 70.0 Å². The topological polar surface area (TPSA) is 69.0 Å². The molecule has 1 amide bonds. The largest absolute Gasteiger partial charge is 0.494 e. The first-order chi connectivity index (χ1) is 13.0. The Morgan fingerprint density at radius 3 is 2.67 bits per heavy atom. The van der Waals surface area contributed by atoms with Crippen LogP contribution in [0, 0.1) is 6.92 Å². The van der Waals surface area contributed by atoms with Crippen LogP contribution < -0.4 is 10.1 Å². The van der Waals surface area contributed by atoms with Crippen molar-refractivity contribution in [3.63, 3.8) is 0 Å². The molecule has 0 aliphatic carbocycles. The predicted molar refractivity (Wildman–Crippen MR) is 107 cm³/mol. The highest BCUT2D eigenvalue weighted by Gasteiger charge is 2.19. The first-order valence-corrected chi connectivity index (χ1v) is 9.50. The lowest BCUT2D eigenvalue weighted by molar-refractivity contribution is 0.0934. The maximum atomic E-state index is 12.7. The maximum absolute atomic E-state index is 12.7. The molecule has 7 heteroatoms. The van der Waals surface area contributed by atoms with Gasteiger partial charge in [-0.25, -0.2) is 4.68 Å². The molecule has 1 unspecified atom stereocenters. The summed E-state index contributed by atoms with van der Waals surface area (Å²) in [4.78, 5) is 12.7. The van der Waals surface area contributed by atoms with Crippen molar-refractivity contribution >= 4 is 21.8 Å². The Kier molecular flexibility index (Phi) is 5.91. The molecule has 1 aromatic heterocycles. The van der Waals surface area contributed by atoms with E-state index in [1.54, 1.807) is 4.68 Å². The monoisotopic (exact) mass is 428 g/mol. The lowest BCUT2D eigenvalue weighted by Gasteiger charge is -2.14. The number of carbonyl (C=O) groups is 1. The summed E-state index contributed by atoms with van der Waals surface area (Å²) in [5.74, 6) is 0.558. The molecule has 1 heterocycles. The Morgan fingerprint density at radius 2 is 2.00 bits per heavy atom. The fraction of sp³-hybridized carbons (Fsp3) is 0.250. The van der Waals surface area contributed by atoms with E-state index in [0.29, 0.717) is 18.0 Å². The van der Waals surface area contributed by atoms with Gasteiger partial charge in [-0.15, -0.1) is 5.10 Å². The van der Waals surface area contributed by atoms with Crippen molar-refractivity contribution in [3.8, 4) is 11.4 Å². The third-order valence-electron chi connectivity index (χ3n) is 4.20. The molecule has 3 aromatic rings. The lowest BCUT2D eigenvalue weighted by Crippen LogP contribution is -2.27. The van der Waals surface area contributed by atoms with Crippen LogP contribution in [0.25, 0.3) is 5.69 Å². The smallest absolute Gasteiger partial charge is 0.274 e. The quantitative estimate of drug-likeness (QED) is 0.637. The van der Waals surface area contributed by atoms with E-state index < -0.39 is 0 Å². The van der Waals surface area contributed by atoms with Crippen LogP contribution in [0.1, 0.15) is 41.6 Å². The summed E-state index contributed by atoms with van der Waals surface area (Å²) in [7, 11) is 0. The molecule has 0 saturated carbocycles. The standard InChI is InChI=1S/C20H21BrN4O2/c1-4-27-18-10-8-15(9-11-18)13(2)22-20(26)19-14(3)25(24-23-19)17-7-5-6-16(21)12-17/h5-13H,4H2,1-3H3,(H,22,26). The second-order valence-electron chi connectivity index (χ2n) is 6.11. The van der Waals surface area contributed by atoms with E-state index in [0.717, 1.165) is 21.5 Å². The van der Waals surface area contributed by atoms with Gasteiger partial charge in [0.15, 0.2) is 5.69 Å². The van der Waals surface area contributed by atoms with Crippen molar-refractivity contribution in [2.75, 3.05) is 6.61 Å². The van der Waals surface area contributed by atoms with E-state index in [9.17, 15) is 4.79 Å². The first kappa shape index (κ1) is 19.1. The number of ether oxygens (including phenoxy) is 1. The van der Waals surface area contributed by atoms with Crippen LogP contribution in [0.15, 0.2) is 53.0 Å². The fourth-order valence-corrected chi connectivity index (χ4v) is 3.15. The molecule has 0 spiro atoms. The van der Waals surface area contributed by atoms with E-state index in [4.69, 9.17) is 4.74 Å². The highest BCUT2D eigenvalue weighted by Crippen LogP contribution is 2.20. The normalized spacial score (nSPS) is 11.9. The zero-order chi connectivity index (χ0) is 19.4. The van der Waals surface area contributed by atoms with Crippen molar-refractivity contribution < 1.29 is 9.53 Å². The molecule has 0 saturated heterocycles. The van der Waals surface area contributed by atoms with E-state index in [1.807, 2.05) is 69.3 Å². The van der Waals surface area contributed by atoms with Gasteiger partial charge in [-0.3, -0.25) is 4.79 Å². The molecule has 0 radical (unpaired) electrons. The number of rotatable bonds is 6. The van der Waals surface area contributed by atoms with Gasteiger partial charge in [0.05, 0.1) is 24.0 Å². The fourth-order valence-electron chi connectivity index (χ4n) is 2.76. The maximum Gasteiger partial charge on any atom is 0.274 e. The molecule has 0 bridgehead atoms. The van der Waals surface area contributed by atoms with Crippen molar-refractivity contribution in [1.82, 2.24) is 20.3 Å². The molecular weight excluding hydrogens is 408 g/mol. The van der Waals surface area contributed by atoms with Crippen molar-refractivity contribution in [2.24, 2.45) is 0 Å². The van der Waals surface area contributed by atoms with Gasteiger partial charge in [0.1, 0.15) is 5.75 Å². The molecular formula is C20H21BrN4O2. The third-order valence-corrected chi connectivity index (χ3v) is 4.69. The van der Waals surface area contributed by atoms with Crippen LogP contribution in [-0.4, -0.2) is 27.5 Å². The number of carbonyl (C=O) groups excluding carboxylic acids is 1. The number of hydrogen-bond acceptors (Lipinski definition) is 4. The molecule has 0 fully saturated rings. The highest BCUT2D eigenvalue weighted by atomic mass is 79.9. The average molecular weight is 429 g/mol. The van der Waals surface area contributed by atoms with Crippen LogP contribution in [0.3, 0.4) is 0 Å². The summed E-state index contributed by atoms with van der Waals surface area (Å²) in [5, 5.41) is 11.2. The minimum Gasteiger partial charge on any atom is -0.494 e. The Labute approximate surface area is 166 Å². The Balaban J connectivity index is 1.74. The van der Waals surface area contributed by atoms with Gasteiger partial charge in [0.2, 0.25) is 0 Å². The Bertz CT molecular complexity index is 937. The number of amides is 1. The van der Waals surface area contributed by atoms with Gasteiger partial charge < -0.3 is 10.1 Å². The van der Waals surface area contributed by atoms with Gasteiger partial charge >= 0.3 is 0 Å². The summed E-state index contributed by atoms with van der Waals surface area (Å²) in [6.45, 7) is 6.33. The molecule has 6 nitrogen and oxygen atoms in total. The molecule has 2 aromatic carbocycles. The Morgan fingerprint density at radius 1 is 1.26 bits per heavy atom. The highest BCUT2D eigenvalue weighted by molar-refractivity contribution is 9.10. The number of benzene rings is 2. The van der Waals surface area contributed by atoms with E-state index >= 15 is 0 Å². The molecule has 1 atom stereocenters. The zero-order valence-electron chi connectivity index (χ0n) is 15.4. The Hall–Kier alpha value is -2.67. The summed E-state index contributed by atoms with van der Waals surface area (Å²) in [6, 6.07) is 15.2. The summed E-state index contributed by atoms with van der Waals surface area (Å²) in [6.07, 6.45) is 0. The summed E-state index contributed by atoms with van der Waals surface area (Å²) < 4.78 is 8.04. The second kappa shape index (κ2) is 8.35. The van der Waals surface area contributed by atoms with Crippen LogP contribution >= 0.6 is 15.9 Å². The molecule has 27 heavy (non-hydrogen) atoms. The molecule has 140 valence electrons. The second-order valence-corrected chi connectivity index (χ2v) is 7.03. The van der Waals surface area contributed by atoms with Crippen molar-refractivity contribution in [2.45, 2.75) is 26.8 Å². The van der Waals surface area contributed by atoms with Crippen LogP contribution in [-0.2, 0) is 0 Å². The number of nitrogens with one attached hydrogen (secondary N) is 1. The predicted octanol–water partition coefficient (Wildman–Crippen LogP) is 4.23. The first-order valence-electron chi connectivity index (χ1n) is 8.71. The number of aromatic nitrogens is 3. The summed E-state index contributed by atoms with van der Waals surface area (Å²) >= 11 is 3.44. The average Bonchev–Trinajstić information content (AvgIpc) is 3.04. The third kappa shape index (κ3) is 4.36.